The van der Waals surface area contributed by atoms with Gasteiger partial charge in [0, 0.05) is 19.6 Å². The largest absolute Gasteiger partial charge is 0.495 e. The van der Waals surface area contributed by atoms with Gasteiger partial charge in [-0.15, -0.1) is 0 Å². The first-order chi connectivity index (χ1) is 9.67. The van der Waals surface area contributed by atoms with Crippen molar-refractivity contribution in [2.45, 2.75) is 38.6 Å². The van der Waals surface area contributed by atoms with E-state index in [0.717, 1.165) is 17.4 Å². The lowest BCUT2D eigenvalue weighted by Crippen LogP contribution is -2.45. The quantitative estimate of drug-likeness (QED) is 0.897. The molecule has 3 heteroatoms. The minimum absolute atomic E-state index is 0.397. The van der Waals surface area contributed by atoms with Gasteiger partial charge in [0.2, 0.25) is 0 Å². The summed E-state index contributed by atoms with van der Waals surface area (Å²) in [5.74, 6) is 2.45. The molecule has 20 heavy (non-hydrogen) atoms. The average molecular weight is 276 g/mol. The van der Waals surface area contributed by atoms with Gasteiger partial charge in [-0.1, -0.05) is 31.9 Å². The fraction of sp³-hybridized carbons (Fsp3) is 0.647. The van der Waals surface area contributed by atoms with Gasteiger partial charge in [-0.2, -0.15) is 0 Å². The first-order valence-electron chi connectivity index (χ1n) is 7.73. The van der Waals surface area contributed by atoms with E-state index in [9.17, 15) is 0 Å². The molecule has 0 amide bonds. The second-order valence-electron chi connectivity index (χ2n) is 6.12. The second-order valence-corrected chi connectivity index (χ2v) is 6.12. The topological polar surface area (TPSA) is 38.5 Å². The third-order valence-corrected chi connectivity index (χ3v) is 4.73. The first-order valence-corrected chi connectivity index (χ1v) is 7.73. The highest BCUT2D eigenvalue weighted by molar-refractivity contribution is 5.58. The van der Waals surface area contributed by atoms with E-state index in [0.29, 0.717) is 18.5 Å². The molecule has 0 radical (unpaired) electrons. The van der Waals surface area contributed by atoms with Crippen LogP contribution in [0.25, 0.3) is 0 Å². The Morgan fingerprint density at radius 2 is 2.10 bits per heavy atom. The number of likely N-dealkylation sites (N-methyl/N-ethyl adjacent to an activating group) is 1. The van der Waals surface area contributed by atoms with Crippen molar-refractivity contribution >= 4 is 5.69 Å². The van der Waals surface area contributed by atoms with Crippen LogP contribution in [-0.2, 0) is 0 Å². The lowest BCUT2D eigenvalue weighted by molar-refractivity contribution is 0.244. The Hall–Kier alpha value is -1.22. The van der Waals surface area contributed by atoms with Crippen LogP contribution < -0.4 is 15.4 Å². The van der Waals surface area contributed by atoms with Crippen LogP contribution in [-0.4, -0.2) is 26.7 Å². The van der Waals surface area contributed by atoms with E-state index in [2.05, 4.69) is 31.0 Å². The number of anilines is 1. The highest BCUT2D eigenvalue weighted by atomic mass is 16.5. The molecule has 0 aliphatic heterocycles. The third kappa shape index (κ3) is 3.26. The fourth-order valence-corrected chi connectivity index (χ4v) is 3.60. The van der Waals surface area contributed by atoms with Crippen molar-refractivity contribution in [1.82, 2.24) is 0 Å². The number of methoxy groups -OCH3 is 1. The zero-order valence-corrected chi connectivity index (χ0v) is 13.0. The van der Waals surface area contributed by atoms with E-state index in [4.69, 9.17) is 10.5 Å². The first kappa shape index (κ1) is 15.2. The summed E-state index contributed by atoms with van der Waals surface area (Å²) in [5, 5.41) is 0. The molecule has 3 unspecified atom stereocenters. The monoisotopic (exact) mass is 276 g/mol. The van der Waals surface area contributed by atoms with Gasteiger partial charge in [-0.05, 0) is 36.8 Å². The third-order valence-electron chi connectivity index (χ3n) is 4.73. The maximum atomic E-state index is 6.10. The van der Waals surface area contributed by atoms with Gasteiger partial charge >= 0.3 is 0 Å². The Labute approximate surface area is 123 Å². The predicted octanol–water partition coefficient (Wildman–Crippen LogP) is 3.29. The minimum atomic E-state index is 0.397. The van der Waals surface area contributed by atoms with E-state index in [-0.39, 0.29) is 0 Å². The molecular formula is C17H28N2O. The molecule has 1 fully saturated rings. The van der Waals surface area contributed by atoms with Crippen LogP contribution in [0.1, 0.15) is 32.6 Å². The lowest BCUT2D eigenvalue weighted by Gasteiger charge is -2.39. The molecule has 1 aliphatic rings. The molecule has 1 saturated carbocycles. The number of benzene rings is 1. The van der Waals surface area contributed by atoms with Gasteiger partial charge < -0.3 is 15.4 Å². The Bertz CT molecular complexity index is 421. The summed E-state index contributed by atoms with van der Waals surface area (Å²) >= 11 is 0. The van der Waals surface area contributed by atoms with E-state index < -0.39 is 0 Å². The molecule has 0 heterocycles. The Balaban J connectivity index is 2.17. The Morgan fingerprint density at radius 3 is 2.75 bits per heavy atom. The summed E-state index contributed by atoms with van der Waals surface area (Å²) in [7, 11) is 3.88. The van der Waals surface area contributed by atoms with Crippen LogP contribution >= 0.6 is 0 Å². The van der Waals surface area contributed by atoms with Crippen molar-refractivity contribution in [1.29, 1.82) is 0 Å². The van der Waals surface area contributed by atoms with Gasteiger partial charge in [0.1, 0.15) is 5.75 Å². The molecule has 2 N–H and O–H groups in total. The number of nitrogens with two attached hydrogens (primary N) is 1. The molecule has 2 rings (SSSR count). The highest BCUT2D eigenvalue weighted by Crippen LogP contribution is 2.35. The van der Waals surface area contributed by atoms with Crippen LogP contribution in [0.3, 0.4) is 0 Å². The molecule has 0 bridgehead atoms. The average Bonchev–Trinajstić information content (AvgIpc) is 2.48. The number of rotatable bonds is 5. The second kappa shape index (κ2) is 6.98. The summed E-state index contributed by atoms with van der Waals surface area (Å²) < 4.78 is 5.49. The van der Waals surface area contributed by atoms with Gasteiger partial charge in [0.25, 0.3) is 0 Å². The maximum Gasteiger partial charge on any atom is 0.142 e. The predicted molar refractivity (Wildman–Crippen MR) is 85.4 cm³/mol. The molecule has 0 saturated heterocycles. The maximum absolute atomic E-state index is 6.10. The zero-order valence-electron chi connectivity index (χ0n) is 13.0. The lowest BCUT2D eigenvalue weighted by atomic mass is 9.78. The van der Waals surface area contributed by atoms with E-state index in [1.807, 2.05) is 12.1 Å². The number of ether oxygens (including phenoxy) is 1. The van der Waals surface area contributed by atoms with Gasteiger partial charge in [0.15, 0.2) is 0 Å². The van der Waals surface area contributed by atoms with E-state index in [1.54, 1.807) is 7.11 Å². The Morgan fingerprint density at radius 1 is 1.35 bits per heavy atom. The van der Waals surface area contributed by atoms with Crippen molar-refractivity contribution in [2.24, 2.45) is 17.6 Å². The van der Waals surface area contributed by atoms with Crippen molar-refractivity contribution in [3.05, 3.63) is 24.3 Å². The normalized spacial score (nSPS) is 24.2. The van der Waals surface area contributed by atoms with Gasteiger partial charge in [0.05, 0.1) is 12.8 Å². The van der Waals surface area contributed by atoms with Crippen LogP contribution in [0.4, 0.5) is 5.69 Å². The Kier molecular flexibility index (Phi) is 5.30. The molecule has 1 aromatic rings. The summed E-state index contributed by atoms with van der Waals surface area (Å²) in [6.07, 6.45) is 5.29. The van der Waals surface area contributed by atoms with Crippen molar-refractivity contribution in [3.8, 4) is 5.75 Å². The van der Waals surface area contributed by atoms with Crippen LogP contribution in [0, 0.1) is 11.8 Å². The smallest absolute Gasteiger partial charge is 0.142 e. The zero-order chi connectivity index (χ0) is 14.5. The number of para-hydroxylation sites is 2. The van der Waals surface area contributed by atoms with Crippen molar-refractivity contribution < 1.29 is 4.74 Å². The van der Waals surface area contributed by atoms with E-state index >= 15 is 0 Å². The molecule has 3 nitrogen and oxygen atoms in total. The van der Waals surface area contributed by atoms with Crippen molar-refractivity contribution in [2.75, 3.05) is 25.6 Å². The molecule has 0 aromatic heterocycles. The van der Waals surface area contributed by atoms with Crippen LogP contribution in [0.2, 0.25) is 0 Å². The van der Waals surface area contributed by atoms with Gasteiger partial charge in [-0.3, -0.25) is 0 Å². The number of hydrogen-bond acceptors (Lipinski definition) is 3. The summed E-state index contributed by atoms with van der Waals surface area (Å²) in [6.45, 7) is 3.06. The molecule has 3 atom stereocenters. The fourth-order valence-electron chi connectivity index (χ4n) is 3.60. The highest BCUT2D eigenvalue weighted by Gasteiger charge is 2.29. The number of nitrogens with zero attached hydrogens (tertiary/aromatic N) is 1. The molecule has 1 aliphatic carbocycles. The van der Waals surface area contributed by atoms with Crippen LogP contribution in [0.15, 0.2) is 24.3 Å². The molecular weight excluding hydrogens is 248 g/mol. The number of hydrogen-bond donors (Lipinski definition) is 1. The SMILES string of the molecule is COc1ccccc1N(C)C(CN)C1CCCC(C)C1. The van der Waals surface area contributed by atoms with Crippen LogP contribution in [0.5, 0.6) is 5.75 Å². The van der Waals surface area contributed by atoms with E-state index in [1.165, 1.54) is 25.7 Å². The summed E-state index contributed by atoms with van der Waals surface area (Å²) in [6, 6.07) is 8.60. The van der Waals surface area contributed by atoms with Crippen molar-refractivity contribution in [3.63, 3.8) is 0 Å². The minimum Gasteiger partial charge on any atom is -0.495 e. The van der Waals surface area contributed by atoms with Gasteiger partial charge in [-0.25, -0.2) is 0 Å². The molecule has 1 aromatic carbocycles. The molecule has 0 spiro atoms. The standard InChI is InChI=1S/C17H28N2O/c1-13-7-6-8-14(11-13)16(12-18)19(2)15-9-4-5-10-17(15)20-3/h4-5,9-10,13-14,16H,6-8,11-12,18H2,1-3H3. The summed E-state index contributed by atoms with van der Waals surface area (Å²) in [5.41, 5.74) is 7.24. The summed E-state index contributed by atoms with van der Waals surface area (Å²) in [4.78, 5) is 2.32. The molecule has 112 valence electrons.